The Labute approximate surface area is 114 Å². The molecule has 18 heavy (non-hydrogen) atoms. The molecule has 0 aliphatic heterocycles. The fraction of sp³-hybridized carbons (Fsp3) is 1.00. The average molecular weight is 255 g/mol. The van der Waals surface area contributed by atoms with Crippen LogP contribution in [-0.4, -0.2) is 56.1 Å². The topological polar surface area (TPSA) is 32.5 Å². The average Bonchev–Trinajstić information content (AvgIpc) is 2.55. The molecule has 1 rings (SSSR count). The monoisotopic (exact) mass is 255 g/mol. The summed E-state index contributed by atoms with van der Waals surface area (Å²) in [6.07, 6.45) is 3.81. The summed E-state index contributed by atoms with van der Waals surface area (Å²) in [4.78, 5) is 4.89. The predicted molar refractivity (Wildman–Crippen MR) is 79.8 cm³/mol. The van der Waals surface area contributed by atoms with Crippen molar-refractivity contribution in [2.45, 2.75) is 46.1 Å². The standard InChI is InChI=1S/C15H33N3/c1-13(2)11-18(10-9-17(4)5)12-15(3)8-6-7-14(15)16/h13-14H,6-12,16H2,1-5H3. The van der Waals surface area contributed by atoms with Crippen LogP contribution in [0.4, 0.5) is 0 Å². The molecule has 2 atom stereocenters. The van der Waals surface area contributed by atoms with E-state index in [1.807, 2.05) is 0 Å². The summed E-state index contributed by atoms with van der Waals surface area (Å²) in [5.74, 6) is 0.730. The van der Waals surface area contributed by atoms with Crippen LogP contribution in [0.5, 0.6) is 0 Å². The molecular weight excluding hydrogens is 222 g/mol. The second kappa shape index (κ2) is 6.88. The number of nitrogens with two attached hydrogens (primary N) is 1. The van der Waals surface area contributed by atoms with Gasteiger partial charge in [0.05, 0.1) is 0 Å². The summed E-state index contributed by atoms with van der Waals surface area (Å²) < 4.78 is 0. The summed E-state index contributed by atoms with van der Waals surface area (Å²) in [5.41, 5.74) is 6.65. The lowest BCUT2D eigenvalue weighted by molar-refractivity contribution is 0.131. The van der Waals surface area contributed by atoms with Crippen molar-refractivity contribution >= 4 is 0 Å². The van der Waals surface area contributed by atoms with Gasteiger partial charge in [-0.25, -0.2) is 0 Å². The van der Waals surface area contributed by atoms with Gasteiger partial charge in [0.25, 0.3) is 0 Å². The zero-order valence-electron chi connectivity index (χ0n) is 13.1. The molecule has 3 nitrogen and oxygen atoms in total. The van der Waals surface area contributed by atoms with Crippen molar-refractivity contribution in [1.82, 2.24) is 9.80 Å². The van der Waals surface area contributed by atoms with Gasteiger partial charge in [-0.15, -0.1) is 0 Å². The number of hydrogen-bond acceptors (Lipinski definition) is 3. The third-order valence-corrected chi connectivity index (χ3v) is 4.23. The molecule has 0 aromatic heterocycles. The van der Waals surface area contributed by atoms with E-state index in [0.717, 1.165) is 19.0 Å². The van der Waals surface area contributed by atoms with E-state index in [1.54, 1.807) is 0 Å². The van der Waals surface area contributed by atoms with E-state index in [4.69, 9.17) is 5.73 Å². The smallest absolute Gasteiger partial charge is 0.0109 e. The van der Waals surface area contributed by atoms with Crippen LogP contribution in [0.25, 0.3) is 0 Å². The van der Waals surface area contributed by atoms with Crippen LogP contribution >= 0.6 is 0 Å². The summed E-state index contributed by atoms with van der Waals surface area (Å²) in [7, 11) is 4.30. The number of nitrogens with zero attached hydrogens (tertiary/aromatic N) is 2. The first-order valence-electron chi connectivity index (χ1n) is 7.46. The number of rotatable bonds is 7. The highest BCUT2D eigenvalue weighted by Gasteiger charge is 2.37. The minimum Gasteiger partial charge on any atom is -0.327 e. The number of likely N-dealkylation sites (N-methyl/N-ethyl adjacent to an activating group) is 1. The Morgan fingerprint density at radius 3 is 2.39 bits per heavy atom. The van der Waals surface area contributed by atoms with Gasteiger partial charge in [-0.05, 0) is 38.3 Å². The Morgan fingerprint density at radius 2 is 1.94 bits per heavy atom. The summed E-state index contributed by atoms with van der Waals surface area (Å²) >= 11 is 0. The van der Waals surface area contributed by atoms with E-state index in [-0.39, 0.29) is 0 Å². The van der Waals surface area contributed by atoms with E-state index in [9.17, 15) is 0 Å². The normalized spacial score (nSPS) is 28.8. The van der Waals surface area contributed by atoms with Crippen LogP contribution in [0.1, 0.15) is 40.0 Å². The van der Waals surface area contributed by atoms with E-state index >= 15 is 0 Å². The zero-order chi connectivity index (χ0) is 13.8. The van der Waals surface area contributed by atoms with Gasteiger partial charge in [-0.1, -0.05) is 27.2 Å². The first-order valence-corrected chi connectivity index (χ1v) is 7.46. The fourth-order valence-corrected chi connectivity index (χ4v) is 3.06. The molecule has 1 saturated carbocycles. The van der Waals surface area contributed by atoms with E-state index in [0.29, 0.717) is 11.5 Å². The summed E-state index contributed by atoms with van der Waals surface area (Å²) in [6, 6.07) is 0.395. The van der Waals surface area contributed by atoms with Gasteiger partial charge in [-0.2, -0.15) is 0 Å². The lowest BCUT2D eigenvalue weighted by atomic mass is 9.84. The summed E-state index contributed by atoms with van der Waals surface area (Å²) in [5, 5.41) is 0. The Hall–Kier alpha value is -0.120. The van der Waals surface area contributed by atoms with Crippen molar-refractivity contribution in [1.29, 1.82) is 0 Å². The second-order valence-corrected chi connectivity index (χ2v) is 7.08. The Morgan fingerprint density at radius 1 is 1.28 bits per heavy atom. The summed E-state index contributed by atoms with van der Waals surface area (Å²) in [6.45, 7) is 11.6. The van der Waals surface area contributed by atoms with Gasteiger partial charge in [0, 0.05) is 32.2 Å². The molecule has 0 aromatic carbocycles. The van der Waals surface area contributed by atoms with Crippen LogP contribution in [0.15, 0.2) is 0 Å². The molecule has 2 unspecified atom stereocenters. The van der Waals surface area contributed by atoms with Crippen molar-refractivity contribution < 1.29 is 0 Å². The molecule has 0 heterocycles. The van der Waals surface area contributed by atoms with Crippen LogP contribution in [0.2, 0.25) is 0 Å². The third-order valence-electron chi connectivity index (χ3n) is 4.23. The maximum absolute atomic E-state index is 6.31. The minimum atomic E-state index is 0.335. The Bertz CT molecular complexity index is 240. The van der Waals surface area contributed by atoms with Gasteiger partial charge in [0.1, 0.15) is 0 Å². The quantitative estimate of drug-likeness (QED) is 0.755. The van der Waals surface area contributed by atoms with Crippen molar-refractivity contribution in [2.75, 3.05) is 40.3 Å². The van der Waals surface area contributed by atoms with Crippen molar-refractivity contribution in [3.05, 3.63) is 0 Å². The first-order chi connectivity index (χ1) is 8.33. The van der Waals surface area contributed by atoms with E-state index in [1.165, 1.54) is 32.4 Å². The molecule has 0 radical (unpaired) electrons. The first kappa shape index (κ1) is 15.9. The highest BCUT2D eigenvalue weighted by Crippen LogP contribution is 2.37. The maximum atomic E-state index is 6.31. The molecule has 0 bridgehead atoms. The molecule has 0 saturated heterocycles. The molecular formula is C15H33N3. The molecule has 1 aliphatic carbocycles. The molecule has 0 aromatic rings. The van der Waals surface area contributed by atoms with E-state index in [2.05, 4.69) is 44.7 Å². The van der Waals surface area contributed by atoms with Crippen LogP contribution in [0.3, 0.4) is 0 Å². The molecule has 0 spiro atoms. The number of hydrogen-bond donors (Lipinski definition) is 1. The lowest BCUT2D eigenvalue weighted by Crippen LogP contribution is -2.46. The van der Waals surface area contributed by atoms with E-state index < -0.39 is 0 Å². The van der Waals surface area contributed by atoms with Gasteiger partial charge in [-0.3, -0.25) is 0 Å². The molecule has 1 aliphatic rings. The predicted octanol–water partition coefficient (Wildman–Crippen LogP) is 2.02. The largest absolute Gasteiger partial charge is 0.327 e. The van der Waals surface area contributed by atoms with Crippen molar-refractivity contribution in [3.8, 4) is 0 Å². The van der Waals surface area contributed by atoms with Crippen LogP contribution in [-0.2, 0) is 0 Å². The minimum absolute atomic E-state index is 0.335. The molecule has 1 fully saturated rings. The molecule has 108 valence electrons. The van der Waals surface area contributed by atoms with Gasteiger partial charge < -0.3 is 15.5 Å². The van der Waals surface area contributed by atoms with Gasteiger partial charge in [0.2, 0.25) is 0 Å². The third kappa shape index (κ3) is 4.87. The SMILES string of the molecule is CC(C)CN(CCN(C)C)CC1(C)CCCC1N. The maximum Gasteiger partial charge on any atom is 0.0109 e. The highest BCUT2D eigenvalue weighted by atomic mass is 15.2. The Kier molecular flexibility index (Phi) is 6.09. The highest BCUT2D eigenvalue weighted by molar-refractivity contribution is 4.93. The van der Waals surface area contributed by atoms with Crippen molar-refractivity contribution in [2.24, 2.45) is 17.1 Å². The Balaban J connectivity index is 2.54. The second-order valence-electron chi connectivity index (χ2n) is 7.08. The van der Waals surface area contributed by atoms with Crippen LogP contribution < -0.4 is 5.73 Å². The molecule has 3 heteroatoms. The fourth-order valence-electron chi connectivity index (χ4n) is 3.06. The van der Waals surface area contributed by atoms with Crippen molar-refractivity contribution in [3.63, 3.8) is 0 Å². The van der Waals surface area contributed by atoms with Gasteiger partial charge >= 0.3 is 0 Å². The van der Waals surface area contributed by atoms with Crippen LogP contribution in [0, 0.1) is 11.3 Å². The zero-order valence-corrected chi connectivity index (χ0v) is 13.1. The lowest BCUT2D eigenvalue weighted by Gasteiger charge is -2.37. The molecule has 2 N–H and O–H groups in total. The molecule has 0 amide bonds. The van der Waals surface area contributed by atoms with Gasteiger partial charge in [0.15, 0.2) is 0 Å².